The summed E-state index contributed by atoms with van der Waals surface area (Å²) >= 11 is 0.595. The number of halogens is 6. The maximum Gasteiger partial charge on any atom is 0.435 e. The average Bonchev–Trinajstić information content (AvgIpc) is 3.29. The van der Waals surface area contributed by atoms with Gasteiger partial charge < -0.3 is 5.32 Å². The van der Waals surface area contributed by atoms with Crippen molar-refractivity contribution in [3.63, 3.8) is 0 Å². The highest BCUT2D eigenvalue weighted by Crippen LogP contribution is 2.38. The topological polar surface area (TPSA) is 45.2 Å². The fourth-order valence-corrected chi connectivity index (χ4v) is 4.61. The van der Waals surface area contributed by atoms with Gasteiger partial charge in [0, 0.05) is 12.1 Å². The molecular weight excluding hydrogens is 504 g/mol. The van der Waals surface area contributed by atoms with Crippen LogP contribution >= 0.6 is 11.3 Å². The summed E-state index contributed by atoms with van der Waals surface area (Å²) in [6, 6.07) is 10.3. The number of carbonyl (C=O) groups excluding carboxylic acids is 1. The van der Waals surface area contributed by atoms with E-state index in [-0.39, 0.29) is 10.6 Å². The normalized spacial score (nSPS) is 13.2. The van der Waals surface area contributed by atoms with Crippen LogP contribution in [-0.2, 0) is 18.9 Å². The number of hydrogen-bond acceptors (Lipinski definition) is 4. The third kappa shape index (κ3) is 6.64. The number of amides is 1. The van der Waals surface area contributed by atoms with Crippen LogP contribution in [0.25, 0.3) is 10.6 Å². The molecule has 194 valence electrons. The SMILES string of the molecule is CCN(CC)Cc1cccc(-c2nc(C(F)(F)F)c(C(=O)NC(C)c3cccc(C(F)(F)F)c3)s2)c1. The van der Waals surface area contributed by atoms with Crippen molar-refractivity contribution in [3.8, 4) is 10.6 Å². The van der Waals surface area contributed by atoms with Crippen molar-refractivity contribution in [1.82, 2.24) is 15.2 Å². The fraction of sp³-hybridized carbons (Fsp3) is 0.360. The van der Waals surface area contributed by atoms with Crippen molar-refractivity contribution >= 4 is 17.2 Å². The number of thiazole rings is 1. The number of nitrogens with zero attached hydrogens (tertiary/aromatic N) is 2. The van der Waals surface area contributed by atoms with Crippen LogP contribution in [0.1, 0.15) is 58.9 Å². The van der Waals surface area contributed by atoms with E-state index in [0.717, 1.165) is 30.8 Å². The first-order chi connectivity index (χ1) is 16.8. The zero-order valence-corrected chi connectivity index (χ0v) is 20.6. The molecule has 2 aromatic carbocycles. The minimum Gasteiger partial charge on any atom is -0.345 e. The van der Waals surface area contributed by atoms with Gasteiger partial charge in [0.25, 0.3) is 5.91 Å². The maximum absolute atomic E-state index is 13.8. The predicted octanol–water partition coefficient (Wildman–Crippen LogP) is 7.18. The lowest BCUT2D eigenvalue weighted by atomic mass is 10.0. The Morgan fingerprint density at radius 1 is 1.00 bits per heavy atom. The smallest absolute Gasteiger partial charge is 0.345 e. The molecule has 1 amide bonds. The Labute approximate surface area is 209 Å². The molecule has 3 rings (SSSR count). The largest absolute Gasteiger partial charge is 0.435 e. The molecule has 0 aliphatic carbocycles. The lowest BCUT2D eigenvalue weighted by Gasteiger charge is -2.18. The van der Waals surface area contributed by atoms with E-state index in [4.69, 9.17) is 0 Å². The Morgan fingerprint density at radius 3 is 2.28 bits per heavy atom. The molecular formula is C25H25F6N3OS. The summed E-state index contributed by atoms with van der Waals surface area (Å²) in [5.74, 6) is -1.06. The van der Waals surface area contributed by atoms with E-state index in [2.05, 4.69) is 15.2 Å². The second-order valence-corrected chi connectivity index (χ2v) is 9.17. The zero-order valence-electron chi connectivity index (χ0n) is 19.8. The molecule has 0 fully saturated rings. The number of carbonyl (C=O) groups is 1. The average molecular weight is 530 g/mol. The molecule has 4 nitrogen and oxygen atoms in total. The summed E-state index contributed by atoms with van der Waals surface area (Å²) in [7, 11) is 0. The van der Waals surface area contributed by atoms with Crippen molar-refractivity contribution < 1.29 is 31.1 Å². The number of hydrogen-bond donors (Lipinski definition) is 1. The Morgan fingerprint density at radius 2 is 1.67 bits per heavy atom. The molecule has 0 aliphatic rings. The summed E-state index contributed by atoms with van der Waals surface area (Å²) < 4.78 is 80.3. The molecule has 11 heteroatoms. The third-order valence-electron chi connectivity index (χ3n) is 5.64. The van der Waals surface area contributed by atoms with Gasteiger partial charge in [0.05, 0.1) is 11.6 Å². The number of aromatic nitrogens is 1. The van der Waals surface area contributed by atoms with Gasteiger partial charge >= 0.3 is 12.4 Å². The van der Waals surface area contributed by atoms with Crippen LogP contribution in [0.4, 0.5) is 26.3 Å². The first kappa shape index (κ1) is 27.7. The molecule has 0 radical (unpaired) electrons. The van der Waals surface area contributed by atoms with Gasteiger partial charge in [0.15, 0.2) is 5.69 Å². The molecule has 1 unspecified atom stereocenters. The lowest BCUT2D eigenvalue weighted by molar-refractivity contribution is -0.141. The molecule has 0 spiro atoms. The Balaban J connectivity index is 1.90. The van der Waals surface area contributed by atoms with E-state index in [0.29, 0.717) is 23.4 Å². The highest BCUT2D eigenvalue weighted by Gasteiger charge is 2.40. The second kappa shape index (κ2) is 11.0. The van der Waals surface area contributed by atoms with Gasteiger partial charge in [-0.1, -0.05) is 44.2 Å². The van der Waals surface area contributed by atoms with Crippen molar-refractivity contribution in [2.75, 3.05) is 13.1 Å². The summed E-state index contributed by atoms with van der Waals surface area (Å²) in [6.07, 6.45) is -9.48. The standard InChI is InChI=1S/C25H25F6N3OS/c1-4-34(5-2)14-16-8-6-10-18(12-16)23-33-21(25(29,30)31)20(36-23)22(35)32-15(3)17-9-7-11-19(13-17)24(26,27)28/h6-13,15H,4-5,14H2,1-3H3,(H,32,35). The summed E-state index contributed by atoms with van der Waals surface area (Å²) in [4.78, 5) is 18.1. The molecule has 1 heterocycles. The van der Waals surface area contributed by atoms with Crippen LogP contribution in [-0.4, -0.2) is 28.9 Å². The number of rotatable bonds is 8. The number of benzene rings is 2. The van der Waals surface area contributed by atoms with Crippen molar-refractivity contribution in [1.29, 1.82) is 0 Å². The number of alkyl halides is 6. The highest BCUT2D eigenvalue weighted by atomic mass is 32.1. The molecule has 3 aromatic rings. The first-order valence-electron chi connectivity index (χ1n) is 11.2. The Bertz CT molecular complexity index is 1200. The molecule has 0 aliphatic heterocycles. The first-order valence-corrected chi connectivity index (χ1v) is 12.0. The molecule has 36 heavy (non-hydrogen) atoms. The molecule has 1 aromatic heterocycles. The van der Waals surface area contributed by atoms with Gasteiger partial charge in [0.2, 0.25) is 0 Å². The molecule has 0 saturated carbocycles. The Hall–Kier alpha value is -2.92. The summed E-state index contributed by atoms with van der Waals surface area (Å²) in [5, 5.41) is 2.41. The monoisotopic (exact) mass is 529 g/mol. The van der Waals surface area contributed by atoms with Gasteiger partial charge in [-0.15, -0.1) is 11.3 Å². The third-order valence-corrected chi connectivity index (χ3v) is 6.74. The van der Waals surface area contributed by atoms with Crippen LogP contribution in [0.3, 0.4) is 0 Å². The van der Waals surface area contributed by atoms with Crippen LogP contribution in [0, 0.1) is 0 Å². The van der Waals surface area contributed by atoms with Crippen LogP contribution in [0.15, 0.2) is 48.5 Å². The fourth-order valence-electron chi connectivity index (χ4n) is 3.63. The van der Waals surface area contributed by atoms with Gasteiger partial charge in [-0.3, -0.25) is 9.69 Å². The molecule has 0 saturated heterocycles. The maximum atomic E-state index is 13.8. The van der Waals surface area contributed by atoms with Crippen molar-refractivity contribution in [2.45, 2.75) is 45.7 Å². The predicted molar refractivity (Wildman–Crippen MR) is 127 cm³/mol. The van der Waals surface area contributed by atoms with E-state index in [1.807, 2.05) is 19.9 Å². The Kier molecular flexibility index (Phi) is 8.45. The van der Waals surface area contributed by atoms with E-state index >= 15 is 0 Å². The minimum absolute atomic E-state index is 0.0283. The molecule has 0 bridgehead atoms. The van der Waals surface area contributed by atoms with Crippen LogP contribution in [0.2, 0.25) is 0 Å². The minimum atomic E-state index is -4.89. The van der Waals surface area contributed by atoms with E-state index in [9.17, 15) is 31.1 Å². The van der Waals surface area contributed by atoms with Gasteiger partial charge in [-0.25, -0.2) is 4.98 Å². The lowest BCUT2D eigenvalue weighted by Crippen LogP contribution is -2.28. The van der Waals surface area contributed by atoms with E-state index in [1.165, 1.54) is 19.1 Å². The van der Waals surface area contributed by atoms with Crippen molar-refractivity contribution in [2.24, 2.45) is 0 Å². The van der Waals surface area contributed by atoms with Crippen LogP contribution in [0.5, 0.6) is 0 Å². The van der Waals surface area contributed by atoms with E-state index < -0.39 is 40.4 Å². The quantitative estimate of drug-likeness (QED) is 0.315. The van der Waals surface area contributed by atoms with Gasteiger partial charge in [-0.2, -0.15) is 26.3 Å². The zero-order chi connectivity index (χ0) is 26.7. The van der Waals surface area contributed by atoms with Gasteiger partial charge in [-0.05, 0) is 49.3 Å². The molecule has 1 N–H and O–H groups in total. The molecule has 1 atom stereocenters. The van der Waals surface area contributed by atoms with E-state index in [1.54, 1.807) is 18.2 Å². The number of nitrogens with one attached hydrogen (secondary N) is 1. The van der Waals surface area contributed by atoms with Crippen molar-refractivity contribution in [3.05, 3.63) is 75.8 Å². The summed E-state index contributed by atoms with van der Waals surface area (Å²) in [5.41, 5.74) is -0.794. The van der Waals surface area contributed by atoms with Gasteiger partial charge in [0.1, 0.15) is 9.88 Å². The van der Waals surface area contributed by atoms with Crippen LogP contribution < -0.4 is 5.32 Å². The summed E-state index contributed by atoms with van der Waals surface area (Å²) in [6.45, 7) is 7.65. The second-order valence-electron chi connectivity index (χ2n) is 8.17. The highest BCUT2D eigenvalue weighted by molar-refractivity contribution is 7.17.